The van der Waals surface area contributed by atoms with Gasteiger partial charge in [-0.05, 0) is 71.4 Å². The van der Waals surface area contributed by atoms with Crippen molar-refractivity contribution in [1.82, 2.24) is 19.6 Å². The van der Waals surface area contributed by atoms with Crippen molar-refractivity contribution >= 4 is 61.6 Å². The Morgan fingerprint density at radius 1 is 0.592 bits per heavy atom. The molecule has 0 unspecified atom stereocenters. The van der Waals surface area contributed by atoms with Crippen LogP contribution in [0.4, 0.5) is 34.3 Å². The maximum atomic E-state index is 4.75. The molecule has 8 rings (SSSR count). The van der Waals surface area contributed by atoms with Crippen molar-refractivity contribution in [3.63, 3.8) is 0 Å². The summed E-state index contributed by atoms with van der Waals surface area (Å²) < 4.78 is 2.12. The van der Waals surface area contributed by atoms with Crippen molar-refractivity contribution in [3.8, 4) is 0 Å². The fourth-order valence-electron chi connectivity index (χ4n) is 6.41. The number of para-hydroxylation sites is 2. The Hall–Kier alpha value is -5.32. The molecule has 0 amide bonds. The van der Waals surface area contributed by atoms with E-state index in [1.54, 1.807) is 0 Å². The second kappa shape index (κ2) is 12.9. The van der Waals surface area contributed by atoms with Gasteiger partial charge in [0.15, 0.2) is 0 Å². The van der Waals surface area contributed by atoms with Crippen LogP contribution >= 0.6 is 0 Å². The van der Waals surface area contributed by atoms with Crippen LogP contribution in [0.5, 0.6) is 0 Å². The third kappa shape index (κ3) is 5.87. The van der Waals surface area contributed by atoms with Crippen molar-refractivity contribution in [1.29, 1.82) is 0 Å². The van der Waals surface area contributed by atoms with Crippen LogP contribution in [0.1, 0.15) is 32.2 Å². The summed E-state index contributed by atoms with van der Waals surface area (Å²) in [7, 11) is 0. The number of hydrogen-bond acceptors (Lipinski definition) is 5. The molecule has 7 heteroatoms. The smallest absolute Gasteiger partial charge is 0.352 e. The zero-order valence-electron chi connectivity index (χ0n) is 27.7. The molecule has 0 saturated heterocycles. The molecule has 3 aromatic heterocycles. The Bertz CT molecular complexity index is 2400. The van der Waals surface area contributed by atoms with E-state index in [2.05, 4.69) is 160 Å². The number of aryl methyl sites for hydroxylation is 1. The Balaban J connectivity index is 0.00000378. The van der Waals surface area contributed by atoms with Gasteiger partial charge in [0.05, 0.1) is 5.65 Å². The molecule has 5 aromatic carbocycles. The van der Waals surface area contributed by atoms with E-state index >= 15 is 0 Å². The largest absolute Gasteiger partial charge is 2.00 e. The van der Waals surface area contributed by atoms with Gasteiger partial charge < -0.3 is 14.2 Å². The second-order valence-electron chi connectivity index (χ2n) is 13.0. The standard InChI is InChI=1S/C42H34N6.Pt/c1-29-44-45-41-38-28-35(24-25-36(38)37-17-8-9-18-39(37)46(29)41)47(31-13-6-5-7-14-31)33-15-12-16-34(27-33)48(40-19-10-11-26-43-40)32-22-20-30(21-23-32)42(2,3)4;/h5-26H,1-4H3;/q-2;+2. The minimum atomic E-state index is 0. The molecule has 8 aromatic rings. The molecule has 0 radical (unpaired) electrons. The predicted molar refractivity (Wildman–Crippen MR) is 196 cm³/mol. The molecule has 0 atom stereocenters. The monoisotopic (exact) mass is 817 g/mol. The van der Waals surface area contributed by atoms with Gasteiger partial charge in [-0.3, -0.25) is 0 Å². The van der Waals surface area contributed by atoms with Crippen molar-refractivity contribution in [2.75, 3.05) is 9.80 Å². The summed E-state index contributed by atoms with van der Waals surface area (Å²) in [5.74, 6) is 1.65. The van der Waals surface area contributed by atoms with E-state index in [1.807, 2.05) is 37.4 Å². The average molecular weight is 818 g/mol. The van der Waals surface area contributed by atoms with Crippen LogP contribution in [0, 0.1) is 19.1 Å². The van der Waals surface area contributed by atoms with Crippen LogP contribution < -0.4 is 9.80 Å². The third-order valence-electron chi connectivity index (χ3n) is 8.79. The van der Waals surface area contributed by atoms with Crippen LogP contribution in [-0.2, 0) is 26.5 Å². The van der Waals surface area contributed by atoms with Crippen LogP contribution in [0.3, 0.4) is 0 Å². The minimum Gasteiger partial charge on any atom is -0.352 e. The van der Waals surface area contributed by atoms with Crippen LogP contribution in [0.2, 0.25) is 0 Å². The number of benzene rings is 5. The molecular weight excluding hydrogens is 784 g/mol. The van der Waals surface area contributed by atoms with Gasteiger partial charge in [-0.1, -0.05) is 97.5 Å². The zero-order chi connectivity index (χ0) is 32.8. The van der Waals surface area contributed by atoms with Crippen molar-refractivity contribution < 1.29 is 21.1 Å². The van der Waals surface area contributed by atoms with Crippen molar-refractivity contribution in [3.05, 3.63) is 157 Å². The summed E-state index contributed by atoms with van der Waals surface area (Å²) in [6.45, 7) is 8.68. The van der Waals surface area contributed by atoms with Crippen molar-refractivity contribution in [2.24, 2.45) is 0 Å². The van der Waals surface area contributed by atoms with Crippen LogP contribution in [0.25, 0.3) is 27.3 Å². The quantitative estimate of drug-likeness (QED) is 0.124. The fraction of sp³-hybridized carbons (Fsp3) is 0.119. The van der Waals surface area contributed by atoms with Gasteiger partial charge in [0.2, 0.25) is 0 Å². The van der Waals surface area contributed by atoms with Gasteiger partial charge in [-0.15, -0.1) is 41.5 Å². The molecule has 0 aliphatic rings. The van der Waals surface area contributed by atoms with Gasteiger partial charge in [-0.2, -0.15) is 11.2 Å². The first-order chi connectivity index (χ1) is 23.4. The van der Waals surface area contributed by atoms with Crippen LogP contribution in [0.15, 0.2) is 134 Å². The van der Waals surface area contributed by atoms with Gasteiger partial charge in [-0.25, -0.2) is 4.98 Å². The number of hydrogen-bond donors (Lipinski definition) is 0. The molecule has 0 bridgehead atoms. The van der Waals surface area contributed by atoms with E-state index in [1.165, 1.54) is 5.56 Å². The first-order valence-electron chi connectivity index (χ1n) is 16.1. The third-order valence-corrected chi connectivity index (χ3v) is 8.79. The molecule has 0 aliphatic carbocycles. The molecule has 0 saturated carbocycles. The zero-order valence-corrected chi connectivity index (χ0v) is 30.0. The Morgan fingerprint density at radius 3 is 2.00 bits per heavy atom. The number of rotatable bonds is 6. The van der Waals surface area contributed by atoms with Crippen molar-refractivity contribution in [2.45, 2.75) is 33.1 Å². The minimum absolute atomic E-state index is 0. The molecule has 49 heavy (non-hydrogen) atoms. The Morgan fingerprint density at radius 2 is 1.27 bits per heavy atom. The summed E-state index contributed by atoms with van der Waals surface area (Å²) in [6.07, 6.45) is 1.83. The van der Waals surface area contributed by atoms with E-state index in [-0.39, 0.29) is 26.5 Å². The molecule has 0 aliphatic heterocycles. The number of pyridine rings is 2. The molecule has 0 N–H and O–H groups in total. The molecule has 242 valence electrons. The molecule has 0 spiro atoms. The average Bonchev–Trinajstić information content (AvgIpc) is 3.51. The summed E-state index contributed by atoms with van der Waals surface area (Å²) >= 11 is 0. The predicted octanol–water partition coefficient (Wildman–Crippen LogP) is 10.6. The van der Waals surface area contributed by atoms with Gasteiger partial charge in [0.1, 0.15) is 11.6 Å². The van der Waals surface area contributed by atoms with E-state index in [0.717, 1.165) is 67.4 Å². The molecule has 3 heterocycles. The van der Waals surface area contributed by atoms with E-state index in [0.29, 0.717) is 0 Å². The van der Waals surface area contributed by atoms with E-state index < -0.39 is 0 Å². The normalized spacial score (nSPS) is 11.5. The van der Waals surface area contributed by atoms with E-state index in [4.69, 9.17) is 4.98 Å². The molecular formula is C42H34N6Pt. The second-order valence-corrected chi connectivity index (χ2v) is 13.0. The molecule has 6 nitrogen and oxygen atoms in total. The SMILES string of the molecule is Cc1nnc2c3[c-]c(N(c4[c-]c(N(c5ccc(C(C)(C)C)cc5)c5ccccn5)ccc4)c4ccccc4)ccc3c3ccccc3n12.[Pt+2]. The van der Waals surface area contributed by atoms with E-state index in [9.17, 15) is 0 Å². The first-order valence-corrected chi connectivity index (χ1v) is 16.1. The number of aromatic nitrogens is 4. The van der Waals surface area contributed by atoms with Gasteiger partial charge in [0.25, 0.3) is 0 Å². The Kier molecular flexibility index (Phi) is 8.52. The number of anilines is 6. The summed E-state index contributed by atoms with van der Waals surface area (Å²) in [5, 5.41) is 12.2. The summed E-state index contributed by atoms with van der Waals surface area (Å²) in [5.41, 5.74) is 7.81. The number of nitrogens with zero attached hydrogens (tertiary/aromatic N) is 6. The summed E-state index contributed by atoms with van der Waals surface area (Å²) in [6, 6.07) is 51.5. The molecule has 0 fully saturated rings. The maximum Gasteiger partial charge on any atom is 2.00 e. The fourth-order valence-corrected chi connectivity index (χ4v) is 6.41. The maximum absolute atomic E-state index is 4.75. The topological polar surface area (TPSA) is 49.6 Å². The van der Waals surface area contributed by atoms with Gasteiger partial charge >= 0.3 is 21.1 Å². The van der Waals surface area contributed by atoms with Gasteiger partial charge in [0, 0.05) is 23.1 Å². The first kappa shape index (κ1) is 32.2. The van der Waals surface area contributed by atoms with Crippen LogP contribution in [-0.4, -0.2) is 19.6 Å². The summed E-state index contributed by atoms with van der Waals surface area (Å²) in [4.78, 5) is 9.10. The number of fused-ring (bicyclic) bond motifs is 6. The Labute approximate surface area is 301 Å².